The van der Waals surface area contributed by atoms with Crippen LogP contribution in [0, 0.1) is 0 Å². The molecule has 5 atom stereocenters. The minimum atomic E-state index is -0.631. The van der Waals surface area contributed by atoms with Gasteiger partial charge in [-0.2, -0.15) is 0 Å². The van der Waals surface area contributed by atoms with Crippen molar-refractivity contribution in [2.24, 2.45) is 0 Å². The van der Waals surface area contributed by atoms with Crippen molar-refractivity contribution in [1.29, 1.82) is 0 Å². The van der Waals surface area contributed by atoms with Gasteiger partial charge in [-0.05, 0) is 34.1 Å². The molecule has 3 heterocycles. The predicted octanol–water partition coefficient (Wildman–Crippen LogP) is 2.96. The highest BCUT2D eigenvalue weighted by molar-refractivity contribution is 4.99. The molecule has 3 rings (SSSR count). The van der Waals surface area contributed by atoms with Gasteiger partial charge in [-0.25, -0.2) is 0 Å². The molecule has 0 bridgehead atoms. The molecule has 3 saturated heterocycles. The highest BCUT2D eigenvalue weighted by Gasteiger charge is 2.60. The van der Waals surface area contributed by atoms with Crippen molar-refractivity contribution in [3.8, 4) is 0 Å². The first-order valence-electron chi connectivity index (χ1n) is 8.18. The number of ether oxygens (including phenoxy) is 5. The SMILES string of the molecule is CCCCC[C@H]1O[C@@H]2OC(C)(C)O[C@@H]2[C@H]2OC(C)(C)O[C@H]21. The quantitative estimate of drug-likeness (QED) is 0.747. The maximum atomic E-state index is 6.15. The maximum absolute atomic E-state index is 6.15. The highest BCUT2D eigenvalue weighted by atomic mass is 16.9. The zero-order chi connectivity index (χ0) is 15.3. The van der Waals surface area contributed by atoms with Crippen molar-refractivity contribution in [3.63, 3.8) is 0 Å². The first-order chi connectivity index (χ1) is 9.81. The standard InChI is InChI=1S/C16H28O5/c1-6-7-8-9-10-11-12(19-15(2,3)18-11)13-14(17-10)21-16(4,5)20-13/h10-14H,6-9H2,1-5H3/t10-,11+,12+,13-,14-/m1/s1. The molecule has 0 aromatic rings. The number of hydrogen-bond acceptors (Lipinski definition) is 5. The summed E-state index contributed by atoms with van der Waals surface area (Å²) in [4.78, 5) is 0. The zero-order valence-electron chi connectivity index (χ0n) is 13.8. The van der Waals surface area contributed by atoms with Gasteiger partial charge >= 0.3 is 0 Å². The van der Waals surface area contributed by atoms with Crippen molar-refractivity contribution in [2.75, 3.05) is 0 Å². The van der Waals surface area contributed by atoms with Crippen LogP contribution in [0.3, 0.4) is 0 Å². The van der Waals surface area contributed by atoms with E-state index in [1.165, 1.54) is 12.8 Å². The van der Waals surface area contributed by atoms with E-state index in [0.29, 0.717) is 0 Å². The van der Waals surface area contributed by atoms with E-state index in [4.69, 9.17) is 23.7 Å². The van der Waals surface area contributed by atoms with Gasteiger partial charge in [0.25, 0.3) is 0 Å². The van der Waals surface area contributed by atoms with E-state index in [1.54, 1.807) is 0 Å². The second kappa shape index (κ2) is 5.46. The summed E-state index contributed by atoms with van der Waals surface area (Å²) >= 11 is 0. The van der Waals surface area contributed by atoms with Crippen LogP contribution in [0.25, 0.3) is 0 Å². The fourth-order valence-electron chi connectivity index (χ4n) is 3.52. The summed E-state index contributed by atoms with van der Waals surface area (Å²) < 4.78 is 30.2. The lowest BCUT2D eigenvalue weighted by Gasteiger charge is -2.37. The Bertz CT molecular complexity index is 381. The van der Waals surface area contributed by atoms with Gasteiger partial charge in [0.05, 0.1) is 6.10 Å². The lowest BCUT2D eigenvalue weighted by Crippen LogP contribution is -2.54. The summed E-state index contributed by atoms with van der Waals surface area (Å²) in [6.07, 6.45) is 3.77. The Balaban J connectivity index is 1.75. The molecule has 0 N–H and O–H groups in total. The summed E-state index contributed by atoms with van der Waals surface area (Å²) in [5.74, 6) is -1.22. The van der Waals surface area contributed by atoms with Gasteiger partial charge in [0, 0.05) is 0 Å². The molecule has 0 aliphatic carbocycles. The van der Waals surface area contributed by atoms with Crippen LogP contribution in [-0.4, -0.2) is 42.3 Å². The van der Waals surface area contributed by atoms with E-state index in [1.807, 2.05) is 27.7 Å². The third kappa shape index (κ3) is 3.13. The fourth-order valence-corrected chi connectivity index (χ4v) is 3.52. The van der Waals surface area contributed by atoms with Crippen molar-refractivity contribution in [1.82, 2.24) is 0 Å². The van der Waals surface area contributed by atoms with Gasteiger partial charge in [-0.15, -0.1) is 0 Å². The Hall–Kier alpha value is -0.200. The Morgan fingerprint density at radius 3 is 2.10 bits per heavy atom. The lowest BCUT2D eigenvalue weighted by atomic mass is 9.95. The summed E-state index contributed by atoms with van der Waals surface area (Å²) in [7, 11) is 0. The molecule has 0 radical (unpaired) electrons. The molecule has 21 heavy (non-hydrogen) atoms. The molecule has 3 aliphatic heterocycles. The van der Waals surface area contributed by atoms with Crippen molar-refractivity contribution >= 4 is 0 Å². The molecule has 3 aliphatic rings. The molecule has 0 spiro atoms. The highest BCUT2D eigenvalue weighted by Crippen LogP contribution is 2.44. The smallest absolute Gasteiger partial charge is 0.190 e. The average molecular weight is 300 g/mol. The monoisotopic (exact) mass is 300 g/mol. The van der Waals surface area contributed by atoms with Crippen molar-refractivity contribution in [2.45, 2.75) is 103 Å². The number of hydrogen-bond donors (Lipinski definition) is 0. The second-order valence-electron chi connectivity index (χ2n) is 7.20. The van der Waals surface area contributed by atoms with E-state index in [2.05, 4.69) is 6.92 Å². The molecule has 0 saturated carbocycles. The summed E-state index contributed by atoms with van der Waals surface area (Å²) in [6, 6.07) is 0. The third-order valence-corrected chi connectivity index (χ3v) is 4.34. The van der Waals surface area contributed by atoms with E-state index < -0.39 is 11.6 Å². The summed E-state index contributed by atoms with van der Waals surface area (Å²) in [5.41, 5.74) is 0. The fraction of sp³-hybridized carbons (Fsp3) is 1.00. The molecule has 5 heteroatoms. The summed E-state index contributed by atoms with van der Waals surface area (Å²) in [6.45, 7) is 9.93. The number of rotatable bonds is 4. The Morgan fingerprint density at radius 1 is 0.762 bits per heavy atom. The minimum Gasteiger partial charge on any atom is -0.344 e. The van der Waals surface area contributed by atoms with E-state index in [9.17, 15) is 0 Å². The molecule has 122 valence electrons. The largest absolute Gasteiger partial charge is 0.344 e. The Labute approximate surface area is 127 Å². The van der Waals surface area contributed by atoms with E-state index >= 15 is 0 Å². The Kier molecular flexibility index (Phi) is 4.08. The van der Waals surface area contributed by atoms with Crippen LogP contribution in [0.5, 0.6) is 0 Å². The molecule has 3 fully saturated rings. The van der Waals surface area contributed by atoms with Gasteiger partial charge in [-0.3, -0.25) is 0 Å². The normalized spacial score (nSPS) is 43.6. The predicted molar refractivity (Wildman–Crippen MR) is 76.7 cm³/mol. The summed E-state index contributed by atoms with van der Waals surface area (Å²) in [5, 5.41) is 0. The van der Waals surface area contributed by atoms with Crippen LogP contribution in [0.1, 0.15) is 60.3 Å². The van der Waals surface area contributed by atoms with Crippen molar-refractivity contribution in [3.05, 3.63) is 0 Å². The maximum Gasteiger partial charge on any atom is 0.190 e. The number of unbranched alkanes of at least 4 members (excludes halogenated alkanes) is 2. The molecular weight excluding hydrogens is 272 g/mol. The van der Waals surface area contributed by atoms with Gasteiger partial charge in [-0.1, -0.05) is 26.2 Å². The first-order valence-corrected chi connectivity index (χ1v) is 8.18. The molecular formula is C16H28O5. The van der Waals surface area contributed by atoms with E-state index in [0.717, 1.165) is 12.8 Å². The van der Waals surface area contributed by atoms with Crippen LogP contribution in [0.4, 0.5) is 0 Å². The first kappa shape index (κ1) is 15.7. The number of fused-ring (bicyclic) bond motifs is 3. The van der Waals surface area contributed by atoms with E-state index in [-0.39, 0.29) is 30.7 Å². The average Bonchev–Trinajstić information content (AvgIpc) is 2.84. The zero-order valence-corrected chi connectivity index (χ0v) is 13.8. The van der Waals surface area contributed by atoms with Crippen LogP contribution < -0.4 is 0 Å². The van der Waals surface area contributed by atoms with Crippen LogP contribution in [-0.2, 0) is 23.7 Å². The molecule has 0 aromatic carbocycles. The van der Waals surface area contributed by atoms with Gasteiger partial charge < -0.3 is 23.7 Å². The van der Waals surface area contributed by atoms with Gasteiger partial charge in [0.1, 0.15) is 18.3 Å². The van der Waals surface area contributed by atoms with Crippen LogP contribution >= 0.6 is 0 Å². The topological polar surface area (TPSA) is 46.2 Å². The van der Waals surface area contributed by atoms with Crippen molar-refractivity contribution < 1.29 is 23.7 Å². The minimum absolute atomic E-state index is 0.0158. The third-order valence-electron chi connectivity index (χ3n) is 4.34. The molecule has 0 amide bonds. The van der Waals surface area contributed by atoms with Gasteiger partial charge in [0.2, 0.25) is 0 Å². The molecule has 0 unspecified atom stereocenters. The van der Waals surface area contributed by atoms with Crippen LogP contribution in [0.15, 0.2) is 0 Å². The lowest BCUT2D eigenvalue weighted by molar-refractivity contribution is -0.235. The Morgan fingerprint density at radius 2 is 1.38 bits per heavy atom. The van der Waals surface area contributed by atoms with Gasteiger partial charge in [0.15, 0.2) is 17.9 Å². The molecule has 5 nitrogen and oxygen atoms in total. The molecule has 0 aromatic heterocycles. The van der Waals surface area contributed by atoms with Crippen LogP contribution in [0.2, 0.25) is 0 Å². The second-order valence-corrected chi connectivity index (χ2v) is 7.20.